The molecule has 2 aromatic rings. The molecular formula is C14H13FN2O3S. The maximum atomic E-state index is 13.4. The predicted octanol–water partition coefficient (Wildman–Crippen LogP) is 2.53. The van der Waals surface area contributed by atoms with Crippen LogP contribution in [0.25, 0.3) is 0 Å². The lowest BCUT2D eigenvalue weighted by atomic mass is 10.0. The Balaban J connectivity index is 2.02. The Morgan fingerprint density at radius 2 is 2.14 bits per heavy atom. The van der Waals surface area contributed by atoms with E-state index in [1.165, 1.54) is 18.4 Å². The van der Waals surface area contributed by atoms with Gasteiger partial charge in [-0.25, -0.2) is 12.8 Å². The third-order valence-electron chi connectivity index (χ3n) is 3.25. The summed E-state index contributed by atoms with van der Waals surface area (Å²) in [5.74, 6) is 0.106. The molecule has 0 aliphatic carbocycles. The molecule has 0 spiro atoms. The third-order valence-corrected chi connectivity index (χ3v) is 4.27. The normalized spacial score (nSPS) is 18.9. The van der Waals surface area contributed by atoms with Crippen molar-refractivity contribution in [2.45, 2.75) is 12.5 Å². The Morgan fingerprint density at radius 3 is 2.76 bits per heavy atom. The molecule has 110 valence electrons. The number of rotatable bonds is 3. The minimum absolute atomic E-state index is 0.337. The van der Waals surface area contributed by atoms with Crippen LogP contribution in [0.4, 0.5) is 4.39 Å². The predicted molar refractivity (Wildman–Crippen MR) is 75.7 cm³/mol. The maximum absolute atomic E-state index is 13.4. The molecule has 0 N–H and O–H groups in total. The van der Waals surface area contributed by atoms with Gasteiger partial charge < -0.3 is 4.42 Å². The van der Waals surface area contributed by atoms with E-state index < -0.39 is 21.9 Å². The fraction of sp³-hybridized carbons (Fsp3) is 0.214. The number of furan rings is 1. The molecule has 1 aromatic heterocycles. The molecule has 1 aromatic carbocycles. The molecule has 1 aliphatic rings. The smallest absolute Gasteiger partial charge is 0.247 e. The van der Waals surface area contributed by atoms with Crippen molar-refractivity contribution >= 4 is 15.7 Å². The number of hydrogen-bond acceptors (Lipinski definition) is 4. The highest BCUT2D eigenvalue weighted by Crippen LogP contribution is 2.34. The van der Waals surface area contributed by atoms with Gasteiger partial charge in [0.05, 0.1) is 18.6 Å². The summed E-state index contributed by atoms with van der Waals surface area (Å²) in [6.45, 7) is 0. The molecule has 21 heavy (non-hydrogen) atoms. The molecule has 0 saturated heterocycles. The second-order valence-electron chi connectivity index (χ2n) is 4.83. The van der Waals surface area contributed by atoms with Gasteiger partial charge in [0.15, 0.2) is 0 Å². The van der Waals surface area contributed by atoms with Gasteiger partial charge in [-0.3, -0.25) is 0 Å². The number of nitrogens with zero attached hydrogens (tertiary/aromatic N) is 2. The van der Waals surface area contributed by atoms with Crippen LogP contribution >= 0.6 is 0 Å². The average molecular weight is 308 g/mol. The van der Waals surface area contributed by atoms with Crippen LogP contribution in [0.5, 0.6) is 0 Å². The first-order chi connectivity index (χ1) is 9.95. The first kappa shape index (κ1) is 13.8. The Morgan fingerprint density at radius 1 is 1.33 bits per heavy atom. The molecule has 0 bridgehead atoms. The van der Waals surface area contributed by atoms with Crippen molar-refractivity contribution in [1.82, 2.24) is 4.41 Å². The molecule has 7 heteroatoms. The SMILES string of the molecule is CS(=O)(=O)N1N=C(c2ccco2)CC1c1cccc(F)c1. The van der Waals surface area contributed by atoms with Gasteiger partial charge in [-0.15, -0.1) is 0 Å². The summed E-state index contributed by atoms with van der Waals surface area (Å²) in [5, 5.41) is 4.14. The van der Waals surface area contributed by atoms with Crippen molar-refractivity contribution in [3.8, 4) is 0 Å². The quantitative estimate of drug-likeness (QED) is 0.875. The third kappa shape index (κ3) is 2.69. The minimum atomic E-state index is -3.55. The molecule has 3 rings (SSSR count). The van der Waals surface area contributed by atoms with Crippen LogP contribution in [0.2, 0.25) is 0 Å². The van der Waals surface area contributed by atoms with Crippen LogP contribution in [-0.2, 0) is 10.0 Å². The van der Waals surface area contributed by atoms with E-state index in [2.05, 4.69) is 5.10 Å². The van der Waals surface area contributed by atoms with Gasteiger partial charge in [-0.1, -0.05) is 12.1 Å². The fourth-order valence-corrected chi connectivity index (χ4v) is 3.25. The van der Waals surface area contributed by atoms with Crippen LogP contribution in [0.3, 0.4) is 0 Å². The lowest BCUT2D eigenvalue weighted by Gasteiger charge is -2.21. The van der Waals surface area contributed by atoms with Crippen molar-refractivity contribution in [3.63, 3.8) is 0 Å². The summed E-state index contributed by atoms with van der Waals surface area (Å²) in [5.41, 5.74) is 1.09. The monoisotopic (exact) mass is 308 g/mol. The average Bonchev–Trinajstić information content (AvgIpc) is 3.07. The van der Waals surface area contributed by atoms with Gasteiger partial charge in [0.25, 0.3) is 0 Å². The van der Waals surface area contributed by atoms with Crippen LogP contribution in [0.1, 0.15) is 23.8 Å². The Kier molecular flexibility index (Phi) is 3.29. The topological polar surface area (TPSA) is 62.9 Å². The summed E-state index contributed by atoms with van der Waals surface area (Å²) in [6, 6.07) is 8.74. The van der Waals surface area contributed by atoms with Crippen molar-refractivity contribution in [3.05, 3.63) is 59.8 Å². The van der Waals surface area contributed by atoms with E-state index in [1.807, 2.05) is 0 Å². The summed E-state index contributed by atoms with van der Waals surface area (Å²) < 4.78 is 43.5. The standard InChI is InChI=1S/C14H13FN2O3S/c1-21(18,19)17-13(10-4-2-5-11(15)8-10)9-12(16-17)14-6-3-7-20-14/h2-8,13H,9H2,1H3. The Hall–Kier alpha value is -2.15. The largest absolute Gasteiger partial charge is 0.463 e. The Bertz CT molecular complexity index is 784. The van der Waals surface area contributed by atoms with Crippen molar-refractivity contribution in [2.24, 2.45) is 5.10 Å². The lowest BCUT2D eigenvalue weighted by Crippen LogP contribution is -2.26. The van der Waals surface area contributed by atoms with Gasteiger partial charge in [-0.2, -0.15) is 9.52 Å². The molecule has 1 aliphatic heterocycles. The molecular weight excluding hydrogens is 295 g/mol. The number of sulfonamides is 1. The zero-order chi connectivity index (χ0) is 15.0. The lowest BCUT2D eigenvalue weighted by molar-refractivity contribution is 0.373. The zero-order valence-corrected chi connectivity index (χ0v) is 12.0. The molecule has 0 radical (unpaired) electrons. The summed E-state index contributed by atoms with van der Waals surface area (Å²) >= 11 is 0. The molecule has 2 heterocycles. The van der Waals surface area contributed by atoms with Crippen LogP contribution in [0.15, 0.2) is 52.2 Å². The highest BCUT2D eigenvalue weighted by Gasteiger charge is 2.35. The molecule has 1 atom stereocenters. The van der Waals surface area contributed by atoms with E-state index in [9.17, 15) is 12.8 Å². The number of benzene rings is 1. The number of hydrogen-bond donors (Lipinski definition) is 0. The summed E-state index contributed by atoms with van der Waals surface area (Å²) in [4.78, 5) is 0. The van der Waals surface area contributed by atoms with Crippen molar-refractivity contribution in [2.75, 3.05) is 6.26 Å². The fourth-order valence-electron chi connectivity index (χ4n) is 2.35. The van der Waals surface area contributed by atoms with E-state index in [0.717, 1.165) is 10.7 Å². The van der Waals surface area contributed by atoms with Crippen LogP contribution in [0, 0.1) is 5.82 Å². The number of halogens is 1. The molecule has 1 unspecified atom stereocenters. The van der Waals surface area contributed by atoms with Gasteiger partial charge in [0, 0.05) is 6.42 Å². The van der Waals surface area contributed by atoms with Crippen molar-refractivity contribution < 1.29 is 17.2 Å². The highest BCUT2D eigenvalue weighted by molar-refractivity contribution is 7.88. The van der Waals surface area contributed by atoms with E-state index in [0.29, 0.717) is 23.5 Å². The van der Waals surface area contributed by atoms with E-state index in [4.69, 9.17) is 4.42 Å². The van der Waals surface area contributed by atoms with Crippen molar-refractivity contribution in [1.29, 1.82) is 0 Å². The minimum Gasteiger partial charge on any atom is -0.463 e. The molecule has 0 fully saturated rings. The number of hydrazone groups is 1. The second-order valence-corrected chi connectivity index (χ2v) is 6.67. The summed E-state index contributed by atoms with van der Waals surface area (Å²) in [6.07, 6.45) is 2.91. The van der Waals surface area contributed by atoms with Crippen LogP contribution in [-0.4, -0.2) is 24.8 Å². The molecule has 0 saturated carbocycles. The molecule has 0 amide bonds. The second kappa shape index (κ2) is 5.00. The first-order valence-corrected chi connectivity index (χ1v) is 8.16. The maximum Gasteiger partial charge on any atom is 0.247 e. The first-order valence-electron chi connectivity index (χ1n) is 6.31. The summed E-state index contributed by atoms with van der Waals surface area (Å²) in [7, 11) is -3.55. The molecule has 5 nitrogen and oxygen atoms in total. The van der Waals surface area contributed by atoms with Crippen LogP contribution < -0.4 is 0 Å². The van der Waals surface area contributed by atoms with E-state index in [1.54, 1.807) is 24.3 Å². The van der Waals surface area contributed by atoms with Gasteiger partial charge in [0.2, 0.25) is 10.0 Å². The van der Waals surface area contributed by atoms with Gasteiger partial charge in [-0.05, 0) is 29.8 Å². The highest BCUT2D eigenvalue weighted by atomic mass is 32.2. The van der Waals surface area contributed by atoms with E-state index in [-0.39, 0.29) is 0 Å². The van der Waals surface area contributed by atoms with E-state index >= 15 is 0 Å². The van der Waals surface area contributed by atoms with Gasteiger partial charge in [0.1, 0.15) is 17.3 Å². The Labute approximate surface area is 121 Å². The van der Waals surface area contributed by atoms with Gasteiger partial charge >= 0.3 is 0 Å². The zero-order valence-electron chi connectivity index (χ0n) is 11.2.